The Morgan fingerprint density at radius 1 is 1.10 bits per heavy atom. The van der Waals surface area contributed by atoms with Crippen molar-refractivity contribution < 1.29 is 22.3 Å². The topological polar surface area (TPSA) is 12.5 Å². The van der Waals surface area contributed by atoms with Gasteiger partial charge in [-0.2, -0.15) is 0 Å². The van der Waals surface area contributed by atoms with E-state index in [4.69, 9.17) is 4.74 Å². The lowest BCUT2D eigenvalue weighted by Gasteiger charge is -2.31. The van der Waals surface area contributed by atoms with Gasteiger partial charge in [0, 0.05) is 11.8 Å². The standard InChI is InChI=1S/C15H11F4NO/c16-6-9-2-1-3-10(4-9)20-7-11-13(21-8-20)5-12(17)15(19)14(11)18/h1-5H,6-8H2. The summed E-state index contributed by atoms with van der Waals surface area (Å²) in [5, 5.41) is 0. The minimum atomic E-state index is -1.52. The van der Waals surface area contributed by atoms with Crippen molar-refractivity contribution in [1.29, 1.82) is 0 Å². The fourth-order valence-electron chi connectivity index (χ4n) is 2.27. The fraction of sp³-hybridized carbons (Fsp3) is 0.200. The number of ether oxygens (including phenoxy) is 1. The maximum atomic E-state index is 13.8. The van der Waals surface area contributed by atoms with E-state index in [1.165, 1.54) is 0 Å². The summed E-state index contributed by atoms with van der Waals surface area (Å²) >= 11 is 0. The van der Waals surface area contributed by atoms with Crippen LogP contribution in [0.2, 0.25) is 0 Å². The predicted molar refractivity (Wildman–Crippen MR) is 69.2 cm³/mol. The highest BCUT2D eigenvalue weighted by Crippen LogP contribution is 2.32. The first-order valence-electron chi connectivity index (χ1n) is 6.29. The summed E-state index contributed by atoms with van der Waals surface area (Å²) in [5.74, 6) is -4.06. The number of rotatable bonds is 2. The summed E-state index contributed by atoms with van der Waals surface area (Å²) < 4.78 is 58.2. The maximum absolute atomic E-state index is 13.8. The van der Waals surface area contributed by atoms with Gasteiger partial charge in [-0.3, -0.25) is 0 Å². The maximum Gasteiger partial charge on any atom is 0.195 e. The number of alkyl halides is 1. The van der Waals surface area contributed by atoms with Gasteiger partial charge in [0.25, 0.3) is 0 Å². The number of anilines is 1. The van der Waals surface area contributed by atoms with E-state index < -0.39 is 24.1 Å². The highest BCUT2D eigenvalue weighted by molar-refractivity contribution is 5.51. The van der Waals surface area contributed by atoms with Crippen molar-refractivity contribution in [3.05, 3.63) is 58.9 Å². The van der Waals surface area contributed by atoms with Crippen molar-refractivity contribution in [1.82, 2.24) is 0 Å². The van der Waals surface area contributed by atoms with Crippen LogP contribution >= 0.6 is 0 Å². The van der Waals surface area contributed by atoms with Crippen LogP contribution in [0.3, 0.4) is 0 Å². The number of hydrogen-bond acceptors (Lipinski definition) is 2. The zero-order valence-corrected chi connectivity index (χ0v) is 10.9. The summed E-state index contributed by atoms with van der Waals surface area (Å²) in [5.41, 5.74) is 1.05. The van der Waals surface area contributed by atoms with Crippen LogP contribution in [0.25, 0.3) is 0 Å². The molecule has 0 fully saturated rings. The summed E-state index contributed by atoms with van der Waals surface area (Å²) in [4.78, 5) is 1.61. The van der Waals surface area contributed by atoms with Gasteiger partial charge < -0.3 is 9.64 Å². The smallest absolute Gasteiger partial charge is 0.195 e. The van der Waals surface area contributed by atoms with E-state index in [-0.39, 0.29) is 24.6 Å². The molecule has 3 rings (SSSR count). The molecule has 0 spiro atoms. The van der Waals surface area contributed by atoms with Crippen LogP contribution in [0.1, 0.15) is 11.1 Å². The second-order valence-electron chi connectivity index (χ2n) is 4.74. The van der Waals surface area contributed by atoms with E-state index in [2.05, 4.69) is 0 Å². The molecule has 0 bridgehead atoms. The molecule has 0 amide bonds. The van der Waals surface area contributed by atoms with Gasteiger partial charge in [-0.15, -0.1) is 0 Å². The van der Waals surface area contributed by atoms with Crippen molar-refractivity contribution in [2.75, 3.05) is 11.6 Å². The van der Waals surface area contributed by atoms with E-state index in [9.17, 15) is 17.6 Å². The Morgan fingerprint density at radius 2 is 1.90 bits per heavy atom. The number of hydrogen-bond donors (Lipinski definition) is 0. The highest BCUT2D eigenvalue weighted by atomic mass is 19.2. The van der Waals surface area contributed by atoms with Crippen molar-refractivity contribution >= 4 is 5.69 Å². The Morgan fingerprint density at radius 3 is 2.67 bits per heavy atom. The van der Waals surface area contributed by atoms with E-state index in [0.717, 1.165) is 6.07 Å². The molecule has 0 atom stereocenters. The van der Waals surface area contributed by atoms with E-state index in [1.54, 1.807) is 29.2 Å². The molecule has 0 radical (unpaired) electrons. The second kappa shape index (κ2) is 5.27. The Bertz CT molecular complexity index is 690. The van der Waals surface area contributed by atoms with Crippen LogP contribution in [0.5, 0.6) is 5.75 Å². The Labute approximate surface area is 118 Å². The molecule has 2 aromatic carbocycles. The molecule has 2 nitrogen and oxygen atoms in total. The van der Waals surface area contributed by atoms with Gasteiger partial charge in [0.15, 0.2) is 24.2 Å². The van der Waals surface area contributed by atoms with Gasteiger partial charge in [-0.25, -0.2) is 17.6 Å². The van der Waals surface area contributed by atoms with Crippen LogP contribution < -0.4 is 9.64 Å². The van der Waals surface area contributed by atoms with Gasteiger partial charge >= 0.3 is 0 Å². The quantitative estimate of drug-likeness (QED) is 0.615. The average molecular weight is 297 g/mol. The second-order valence-corrected chi connectivity index (χ2v) is 4.74. The highest BCUT2D eigenvalue weighted by Gasteiger charge is 2.26. The van der Waals surface area contributed by atoms with E-state index >= 15 is 0 Å². The van der Waals surface area contributed by atoms with Crippen molar-refractivity contribution in [2.24, 2.45) is 0 Å². The molecular weight excluding hydrogens is 286 g/mol. The fourth-order valence-corrected chi connectivity index (χ4v) is 2.27. The van der Waals surface area contributed by atoms with Crippen molar-refractivity contribution in [2.45, 2.75) is 13.2 Å². The molecule has 2 aromatic rings. The Hall–Kier alpha value is -2.24. The SMILES string of the molecule is FCc1cccc(N2COc3cc(F)c(F)c(F)c3C2)c1. The van der Waals surface area contributed by atoms with Crippen LogP contribution in [0, 0.1) is 17.5 Å². The third kappa shape index (κ3) is 2.41. The van der Waals surface area contributed by atoms with E-state index in [0.29, 0.717) is 11.3 Å². The zero-order chi connectivity index (χ0) is 15.0. The van der Waals surface area contributed by atoms with Gasteiger partial charge in [-0.05, 0) is 17.7 Å². The van der Waals surface area contributed by atoms with Gasteiger partial charge in [0.1, 0.15) is 12.4 Å². The molecular formula is C15H11F4NO. The molecule has 1 aliphatic heterocycles. The first-order valence-corrected chi connectivity index (χ1v) is 6.29. The molecule has 110 valence electrons. The summed E-state index contributed by atoms with van der Waals surface area (Å²) in [6.07, 6.45) is 0. The molecule has 6 heteroatoms. The third-order valence-corrected chi connectivity index (χ3v) is 3.38. The van der Waals surface area contributed by atoms with Gasteiger partial charge in [0.05, 0.1) is 12.1 Å². The molecule has 0 N–H and O–H groups in total. The number of benzene rings is 2. The zero-order valence-electron chi connectivity index (χ0n) is 10.9. The van der Waals surface area contributed by atoms with Crippen LogP contribution in [0.4, 0.5) is 23.2 Å². The number of nitrogens with zero attached hydrogens (tertiary/aromatic N) is 1. The van der Waals surface area contributed by atoms with Gasteiger partial charge in [0.2, 0.25) is 0 Å². The lowest BCUT2D eigenvalue weighted by Crippen LogP contribution is -2.33. The predicted octanol–water partition coefficient (Wildman–Crippen LogP) is 3.93. The molecule has 0 aromatic heterocycles. The minimum absolute atomic E-state index is 0.00991. The third-order valence-electron chi connectivity index (χ3n) is 3.38. The van der Waals surface area contributed by atoms with Gasteiger partial charge in [-0.1, -0.05) is 12.1 Å². The van der Waals surface area contributed by atoms with Crippen LogP contribution in [-0.2, 0) is 13.2 Å². The van der Waals surface area contributed by atoms with Crippen LogP contribution in [0.15, 0.2) is 30.3 Å². The molecule has 0 unspecified atom stereocenters. The van der Waals surface area contributed by atoms with Crippen molar-refractivity contribution in [3.8, 4) is 5.75 Å². The lowest BCUT2D eigenvalue weighted by atomic mass is 10.1. The lowest BCUT2D eigenvalue weighted by molar-refractivity contribution is 0.278. The molecule has 0 saturated carbocycles. The largest absolute Gasteiger partial charge is 0.473 e. The van der Waals surface area contributed by atoms with Crippen LogP contribution in [-0.4, -0.2) is 6.73 Å². The molecule has 21 heavy (non-hydrogen) atoms. The number of halogens is 4. The first kappa shape index (κ1) is 13.7. The summed E-state index contributed by atoms with van der Waals surface area (Å²) in [7, 11) is 0. The summed E-state index contributed by atoms with van der Waals surface area (Å²) in [6.45, 7) is -0.547. The Kier molecular flexibility index (Phi) is 3.45. The normalized spacial score (nSPS) is 13.8. The molecule has 1 aliphatic rings. The molecule has 0 saturated heterocycles. The number of fused-ring (bicyclic) bond motifs is 1. The minimum Gasteiger partial charge on any atom is -0.473 e. The van der Waals surface area contributed by atoms with E-state index in [1.807, 2.05) is 0 Å². The molecule has 0 aliphatic carbocycles. The monoisotopic (exact) mass is 297 g/mol. The van der Waals surface area contributed by atoms with Crippen molar-refractivity contribution in [3.63, 3.8) is 0 Å². The summed E-state index contributed by atoms with van der Waals surface area (Å²) in [6, 6.07) is 7.44. The first-order chi connectivity index (χ1) is 10.1. The molecule has 1 heterocycles. The Balaban J connectivity index is 1.95. The average Bonchev–Trinajstić information content (AvgIpc) is 2.52.